The number of aromatic amines is 1. The van der Waals surface area contributed by atoms with Crippen molar-refractivity contribution in [1.29, 1.82) is 0 Å². The molecule has 3 aromatic rings. The molecule has 0 radical (unpaired) electrons. The number of carbonyl (C=O) groups excluding carboxylic acids is 1. The fourth-order valence-electron chi connectivity index (χ4n) is 2.01. The lowest BCUT2D eigenvalue weighted by atomic mass is 10.2. The number of hydrogen-bond acceptors (Lipinski definition) is 4. The van der Waals surface area contributed by atoms with Crippen LogP contribution < -0.4 is 10.1 Å². The minimum Gasteiger partial charge on any atom is -0.484 e. The number of benzene rings is 2. The van der Waals surface area contributed by atoms with Crippen molar-refractivity contribution in [2.75, 3.05) is 11.9 Å². The van der Waals surface area contributed by atoms with E-state index < -0.39 is 0 Å². The smallest absolute Gasteiger partial charge is 0.262 e. The summed E-state index contributed by atoms with van der Waals surface area (Å²) in [5.41, 5.74) is 3.02. The van der Waals surface area contributed by atoms with Crippen molar-refractivity contribution in [2.45, 2.75) is 6.92 Å². The summed E-state index contributed by atoms with van der Waals surface area (Å²) in [6, 6.07) is 13.0. The molecule has 0 atom stereocenters. The van der Waals surface area contributed by atoms with Gasteiger partial charge in [-0.1, -0.05) is 18.2 Å². The number of H-pyrrole nitrogens is 1. The van der Waals surface area contributed by atoms with E-state index in [-0.39, 0.29) is 12.5 Å². The maximum atomic E-state index is 11.9. The molecular weight excluding hydrogens is 268 g/mol. The standard InChI is InChI=1S/C15H14N4O2/c1-10-4-2-5-11(8-10)21-9-14(20)16-12-6-3-7-13-15(12)18-19-17-13/h2-8H,9H2,1H3,(H,16,20)(H,17,18,19). The topological polar surface area (TPSA) is 79.9 Å². The van der Waals surface area contributed by atoms with Gasteiger partial charge in [0.1, 0.15) is 16.8 Å². The summed E-state index contributed by atoms with van der Waals surface area (Å²) in [5.74, 6) is 0.428. The number of rotatable bonds is 4. The molecule has 0 aliphatic rings. The van der Waals surface area contributed by atoms with E-state index in [1.165, 1.54) is 0 Å². The lowest BCUT2D eigenvalue weighted by molar-refractivity contribution is -0.118. The lowest BCUT2D eigenvalue weighted by Crippen LogP contribution is -2.20. The van der Waals surface area contributed by atoms with E-state index in [9.17, 15) is 4.79 Å². The van der Waals surface area contributed by atoms with Crippen LogP contribution in [-0.4, -0.2) is 27.9 Å². The van der Waals surface area contributed by atoms with Crippen LogP contribution in [0.25, 0.3) is 11.0 Å². The van der Waals surface area contributed by atoms with E-state index in [1.807, 2.05) is 43.3 Å². The summed E-state index contributed by atoms with van der Waals surface area (Å²) in [6.07, 6.45) is 0. The number of ether oxygens (including phenoxy) is 1. The van der Waals surface area contributed by atoms with Crippen LogP contribution in [0.1, 0.15) is 5.56 Å². The normalized spacial score (nSPS) is 10.5. The van der Waals surface area contributed by atoms with Crippen molar-refractivity contribution in [2.24, 2.45) is 0 Å². The largest absolute Gasteiger partial charge is 0.484 e. The molecule has 1 heterocycles. The van der Waals surface area contributed by atoms with E-state index >= 15 is 0 Å². The van der Waals surface area contributed by atoms with Crippen LogP contribution in [0.3, 0.4) is 0 Å². The molecule has 6 heteroatoms. The average molecular weight is 282 g/mol. The second-order valence-corrected chi connectivity index (χ2v) is 4.65. The van der Waals surface area contributed by atoms with E-state index in [4.69, 9.17) is 4.74 Å². The van der Waals surface area contributed by atoms with Crippen LogP contribution in [0.5, 0.6) is 5.75 Å². The highest BCUT2D eigenvalue weighted by molar-refractivity contribution is 5.99. The van der Waals surface area contributed by atoms with Crippen molar-refractivity contribution >= 4 is 22.6 Å². The minimum atomic E-state index is -0.244. The first-order valence-corrected chi connectivity index (χ1v) is 6.51. The number of nitrogens with one attached hydrogen (secondary N) is 2. The molecule has 0 saturated carbocycles. The molecule has 106 valence electrons. The Morgan fingerprint density at radius 1 is 1.24 bits per heavy atom. The van der Waals surface area contributed by atoms with Gasteiger partial charge in [0.05, 0.1) is 5.69 Å². The van der Waals surface area contributed by atoms with Gasteiger partial charge in [0.2, 0.25) is 0 Å². The van der Waals surface area contributed by atoms with Gasteiger partial charge in [-0.2, -0.15) is 15.4 Å². The number of amides is 1. The third-order valence-electron chi connectivity index (χ3n) is 2.98. The predicted molar refractivity (Wildman–Crippen MR) is 79.2 cm³/mol. The maximum absolute atomic E-state index is 11.9. The Hall–Kier alpha value is -2.89. The molecule has 0 aliphatic heterocycles. The van der Waals surface area contributed by atoms with Crippen LogP contribution in [-0.2, 0) is 4.79 Å². The van der Waals surface area contributed by atoms with Crippen LogP contribution in [0, 0.1) is 6.92 Å². The number of para-hydroxylation sites is 1. The fourth-order valence-corrected chi connectivity index (χ4v) is 2.01. The van der Waals surface area contributed by atoms with Gasteiger partial charge in [-0.25, -0.2) is 0 Å². The first kappa shape index (κ1) is 13.1. The number of aromatic nitrogens is 3. The highest BCUT2D eigenvalue weighted by atomic mass is 16.5. The van der Waals surface area contributed by atoms with E-state index in [2.05, 4.69) is 20.7 Å². The molecule has 21 heavy (non-hydrogen) atoms. The molecule has 0 aliphatic carbocycles. The zero-order valence-corrected chi connectivity index (χ0v) is 11.5. The highest BCUT2D eigenvalue weighted by Crippen LogP contribution is 2.18. The summed E-state index contributed by atoms with van der Waals surface area (Å²) in [4.78, 5) is 11.9. The summed E-state index contributed by atoms with van der Waals surface area (Å²) >= 11 is 0. The zero-order valence-electron chi connectivity index (χ0n) is 11.5. The summed E-state index contributed by atoms with van der Waals surface area (Å²) in [5, 5.41) is 13.3. The SMILES string of the molecule is Cc1cccc(OCC(=O)Nc2cccc3n[nH]nc23)c1. The number of anilines is 1. The van der Waals surface area contributed by atoms with Crippen LogP contribution in [0.4, 0.5) is 5.69 Å². The molecule has 1 aromatic heterocycles. The molecule has 1 amide bonds. The Morgan fingerprint density at radius 2 is 2.10 bits per heavy atom. The number of nitrogens with zero attached hydrogens (tertiary/aromatic N) is 2. The number of carbonyl (C=O) groups is 1. The number of aryl methyl sites for hydroxylation is 1. The molecule has 0 fully saturated rings. The monoisotopic (exact) mass is 282 g/mol. The molecule has 2 aromatic carbocycles. The Kier molecular flexibility index (Phi) is 3.51. The van der Waals surface area contributed by atoms with E-state index in [1.54, 1.807) is 6.07 Å². The molecule has 0 saturated heterocycles. The van der Waals surface area contributed by atoms with Gasteiger partial charge in [0.15, 0.2) is 6.61 Å². The molecule has 0 unspecified atom stereocenters. The second kappa shape index (κ2) is 5.62. The zero-order chi connectivity index (χ0) is 14.7. The van der Waals surface area contributed by atoms with Gasteiger partial charge in [0.25, 0.3) is 5.91 Å². The fraction of sp³-hybridized carbons (Fsp3) is 0.133. The minimum absolute atomic E-state index is 0.0578. The maximum Gasteiger partial charge on any atom is 0.262 e. The van der Waals surface area contributed by atoms with Crippen molar-refractivity contribution < 1.29 is 9.53 Å². The number of hydrogen-bond donors (Lipinski definition) is 2. The Labute approximate surface area is 121 Å². The first-order valence-electron chi connectivity index (χ1n) is 6.51. The summed E-state index contributed by atoms with van der Waals surface area (Å²) in [7, 11) is 0. The van der Waals surface area contributed by atoms with Gasteiger partial charge in [-0.15, -0.1) is 0 Å². The summed E-state index contributed by atoms with van der Waals surface area (Å²) in [6.45, 7) is 1.91. The molecule has 2 N–H and O–H groups in total. The quantitative estimate of drug-likeness (QED) is 0.769. The average Bonchev–Trinajstić information content (AvgIpc) is 2.95. The van der Waals surface area contributed by atoms with Gasteiger partial charge in [0, 0.05) is 0 Å². The molecular formula is C15H14N4O2. The Morgan fingerprint density at radius 3 is 2.95 bits per heavy atom. The van der Waals surface area contributed by atoms with Crippen molar-refractivity contribution in [3.8, 4) is 5.75 Å². The van der Waals surface area contributed by atoms with Gasteiger partial charge >= 0.3 is 0 Å². The number of fused-ring (bicyclic) bond motifs is 1. The summed E-state index contributed by atoms with van der Waals surface area (Å²) < 4.78 is 5.46. The third-order valence-corrected chi connectivity index (χ3v) is 2.98. The van der Waals surface area contributed by atoms with Crippen LogP contribution >= 0.6 is 0 Å². The Balaban J connectivity index is 1.65. The van der Waals surface area contributed by atoms with Crippen molar-refractivity contribution in [1.82, 2.24) is 15.4 Å². The second-order valence-electron chi connectivity index (χ2n) is 4.65. The predicted octanol–water partition coefficient (Wildman–Crippen LogP) is 2.28. The molecule has 0 spiro atoms. The van der Waals surface area contributed by atoms with Crippen molar-refractivity contribution in [3.63, 3.8) is 0 Å². The Bertz CT molecular complexity index is 782. The van der Waals surface area contributed by atoms with Crippen molar-refractivity contribution in [3.05, 3.63) is 48.0 Å². The van der Waals surface area contributed by atoms with Gasteiger partial charge in [-0.05, 0) is 36.8 Å². The van der Waals surface area contributed by atoms with Gasteiger partial charge < -0.3 is 10.1 Å². The van der Waals surface area contributed by atoms with Crippen LogP contribution in [0.2, 0.25) is 0 Å². The first-order chi connectivity index (χ1) is 10.2. The molecule has 3 rings (SSSR count). The van der Waals surface area contributed by atoms with Crippen LogP contribution in [0.15, 0.2) is 42.5 Å². The highest BCUT2D eigenvalue weighted by Gasteiger charge is 2.09. The van der Waals surface area contributed by atoms with Gasteiger partial charge in [-0.3, -0.25) is 4.79 Å². The van der Waals surface area contributed by atoms with E-state index in [0.29, 0.717) is 22.5 Å². The molecule has 0 bridgehead atoms. The van der Waals surface area contributed by atoms with E-state index in [0.717, 1.165) is 5.56 Å². The molecule has 6 nitrogen and oxygen atoms in total. The third kappa shape index (κ3) is 3.00. The lowest BCUT2D eigenvalue weighted by Gasteiger charge is -2.08.